The number of rotatable bonds is 5. The Hall–Kier alpha value is -3.20. The van der Waals surface area contributed by atoms with E-state index in [1.165, 1.54) is 6.20 Å². The molecular weight excluding hydrogens is 422 g/mol. The second-order valence-corrected chi connectivity index (χ2v) is 8.74. The molecule has 0 radical (unpaired) electrons. The summed E-state index contributed by atoms with van der Waals surface area (Å²) >= 11 is 0. The number of benzene rings is 1. The second kappa shape index (κ2) is 9.35. The van der Waals surface area contributed by atoms with Crippen molar-refractivity contribution in [1.29, 1.82) is 0 Å². The molecule has 3 heterocycles. The minimum atomic E-state index is -0.151. The van der Waals surface area contributed by atoms with Crippen LogP contribution < -0.4 is 19.9 Å². The van der Waals surface area contributed by atoms with Crippen LogP contribution in [0.5, 0.6) is 11.8 Å². The predicted molar refractivity (Wildman–Crippen MR) is 124 cm³/mol. The van der Waals surface area contributed by atoms with E-state index in [0.717, 1.165) is 61.1 Å². The third-order valence-electron chi connectivity index (χ3n) is 6.34. The molecule has 0 bridgehead atoms. The van der Waals surface area contributed by atoms with Gasteiger partial charge in [-0.1, -0.05) is 0 Å². The molecule has 174 valence electrons. The molecule has 0 atom stereocenters. The van der Waals surface area contributed by atoms with Gasteiger partial charge >= 0.3 is 6.01 Å². The summed E-state index contributed by atoms with van der Waals surface area (Å²) in [5, 5.41) is 0. The number of anilines is 1. The standard InChI is InChI=1S/C24H29N5O4/c1-16-13-26-24(27-14-16)33-19-5-3-18(4-6-19)32-21-12-17(29-7-9-31-10-8-29)11-20-23(21)28(2)22(30)15-25-20/h11-15,18-19H,3-10H2,1-2H3/t18-,19+. The molecule has 0 amide bonds. The Morgan fingerprint density at radius 2 is 1.61 bits per heavy atom. The zero-order valence-electron chi connectivity index (χ0n) is 19.1. The molecule has 9 nitrogen and oxygen atoms in total. The van der Waals surface area contributed by atoms with Crippen LogP contribution in [0.15, 0.2) is 35.5 Å². The van der Waals surface area contributed by atoms with Gasteiger partial charge in [-0.3, -0.25) is 4.79 Å². The van der Waals surface area contributed by atoms with E-state index in [0.29, 0.717) is 25.0 Å². The van der Waals surface area contributed by atoms with Gasteiger partial charge < -0.3 is 23.7 Å². The number of morpholine rings is 1. The summed E-state index contributed by atoms with van der Waals surface area (Å²) in [5.41, 5.74) is 3.38. The predicted octanol–water partition coefficient (Wildman–Crippen LogP) is 2.64. The summed E-state index contributed by atoms with van der Waals surface area (Å²) in [6.45, 7) is 4.99. The molecule has 2 fully saturated rings. The lowest BCUT2D eigenvalue weighted by Gasteiger charge is -2.31. The lowest BCUT2D eigenvalue weighted by molar-refractivity contribution is 0.0755. The molecular formula is C24H29N5O4. The highest BCUT2D eigenvalue weighted by atomic mass is 16.5. The third kappa shape index (κ3) is 4.78. The topological polar surface area (TPSA) is 91.6 Å². The van der Waals surface area contributed by atoms with E-state index in [2.05, 4.69) is 19.9 Å². The van der Waals surface area contributed by atoms with Crippen molar-refractivity contribution in [2.24, 2.45) is 7.05 Å². The Labute approximate surface area is 192 Å². The summed E-state index contributed by atoms with van der Waals surface area (Å²) in [6, 6.07) is 4.49. The number of ether oxygens (including phenoxy) is 3. The molecule has 3 aromatic rings. The van der Waals surface area contributed by atoms with Gasteiger partial charge in [0.1, 0.15) is 17.4 Å². The first-order valence-corrected chi connectivity index (χ1v) is 11.5. The fourth-order valence-electron chi connectivity index (χ4n) is 4.47. The van der Waals surface area contributed by atoms with Gasteiger partial charge in [0.15, 0.2) is 0 Å². The molecule has 1 aliphatic heterocycles. The van der Waals surface area contributed by atoms with Gasteiger partial charge in [0.2, 0.25) is 0 Å². The lowest BCUT2D eigenvalue weighted by atomic mass is 9.95. The largest absolute Gasteiger partial charge is 0.488 e. The van der Waals surface area contributed by atoms with E-state index in [9.17, 15) is 4.79 Å². The molecule has 0 unspecified atom stereocenters. The van der Waals surface area contributed by atoms with Crippen LogP contribution in [0.2, 0.25) is 0 Å². The summed E-state index contributed by atoms with van der Waals surface area (Å²) in [7, 11) is 1.76. The van der Waals surface area contributed by atoms with Gasteiger partial charge in [-0.15, -0.1) is 0 Å². The van der Waals surface area contributed by atoms with Gasteiger partial charge in [0.25, 0.3) is 5.56 Å². The molecule has 9 heteroatoms. The number of hydrogen-bond acceptors (Lipinski definition) is 8. The van der Waals surface area contributed by atoms with Crippen LogP contribution >= 0.6 is 0 Å². The Kier molecular flexibility index (Phi) is 6.13. The normalized spacial score (nSPS) is 21.2. The van der Waals surface area contributed by atoms with Crippen LogP contribution in [0.3, 0.4) is 0 Å². The van der Waals surface area contributed by atoms with E-state index < -0.39 is 0 Å². The van der Waals surface area contributed by atoms with Crippen molar-refractivity contribution in [3.63, 3.8) is 0 Å². The van der Waals surface area contributed by atoms with Crippen molar-refractivity contribution >= 4 is 16.7 Å². The Morgan fingerprint density at radius 3 is 2.30 bits per heavy atom. The van der Waals surface area contributed by atoms with Crippen LogP contribution in [0.25, 0.3) is 11.0 Å². The van der Waals surface area contributed by atoms with Crippen LogP contribution in [0.4, 0.5) is 5.69 Å². The van der Waals surface area contributed by atoms with Crippen molar-refractivity contribution in [3.8, 4) is 11.8 Å². The van der Waals surface area contributed by atoms with E-state index >= 15 is 0 Å². The SMILES string of the molecule is Cc1cnc(O[C@H]2CC[C@@H](Oc3cc(N4CCOCC4)cc4ncc(=O)n(C)c34)CC2)nc1. The summed E-state index contributed by atoms with van der Waals surface area (Å²) in [4.78, 5) is 27.5. The summed E-state index contributed by atoms with van der Waals surface area (Å²) in [5.74, 6) is 0.702. The van der Waals surface area contributed by atoms with Crippen molar-refractivity contribution in [2.75, 3.05) is 31.2 Å². The first-order valence-electron chi connectivity index (χ1n) is 11.5. The highest BCUT2D eigenvalue weighted by Gasteiger charge is 2.26. The van der Waals surface area contributed by atoms with Gasteiger partial charge in [0.05, 0.1) is 31.0 Å². The van der Waals surface area contributed by atoms with E-state index in [1.807, 2.05) is 19.1 Å². The van der Waals surface area contributed by atoms with Crippen LogP contribution in [-0.2, 0) is 11.8 Å². The monoisotopic (exact) mass is 451 g/mol. The smallest absolute Gasteiger partial charge is 0.316 e. The van der Waals surface area contributed by atoms with Gasteiger partial charge in [-0.2, -0.15) is 0 Å². The minimum Gasteiger partial charge on any atom is -0.488 e. The van der Waals surface area contributed by atoms with E-state index in [4.69, 9.17) is 14.2 Å². The highest BCUT2D eigenvalue weighted by molar-refractivity contribution is 5.85. The number of aryl methyl sites for hydroxylation is 2. The molecule has 0 N–H and O–H groups in total. The maximum Gasteiger partial charge on any atom is 0.316 e. The van der Waals surface area contributed by atoms with Gasteiger partial charge in [-0.05, 0) is 44.2 Å². The molecule has 5 rings (SSSR count). The quantitative estimate of drug-likeness (QED) is 0.585. The molecule has 2 aromatic heterocycles. The second-order valence-electron chi connectivity index (χ2n) is 8.74. The minimum absolute atomic E-state index is 0.0437. The summed E-state index contributed by atoms with van der Waals surface area (Å²) < 4.78 is 19.6. The maximum absolute atomic E-state index is 12.3. The summed E-state index contributed by atoms with van der Waals surface area (Å²) in [6.07, 6.45) is 8.45. The highest BCUT2D eigenvalue weighted by Crippen LogP contribution is 2.33. The molecule has 2 aliphatic rings. The first-order chi connectivity index (χ1) is 16.1. The van der Waals surface area contributed by atoms with Crippen molar-refractivity contribution in [2.45, 2.75) is 44.8 Å². The molecule has 1 aromatic carbocycles. The molecule has 0 spiro atoms. The Morgan fingerprint density at radius 1 is 0.939 bits per heavy atom. The Balaban J connectivity index is 1.34. The molecule has 1 saturated heterocycles. The lowest BCUT2D eigenvalue weighted by Crippen LogP contribution is -2.36. The number of fused-ring (bicyclic) bond motifs is 1. The van der Waals surface area contributed by atoms with Crippen LogP contribution in [0, 0.1) is 6.92 Å². The average molecular weight is 452 g/mol. The average Bonchev–Trinajstić information content (AvgIpc) is 2.84. The van der Waals surface area contributed by atoms with Crippen molar-refractivity contribution in [3.05, 3.63) is 46.6 Å². The number of hydrogen-bond donors (Lipinski definition) is 0. The third-order valence-corrected chi connectivity index (χ3v) is 6.34. The Bertz CT molecular complexity index is 1170. The molecule has 1 saturated carbocycles. The van der Waals surface area contributed by atoms with Crippen LogP contribution in [-0.4, -0.2) is 58.0 Å². The van der Waals surface area contributed by atoms with E-state index in [1.54, 1.807) is 24.0 Å². The number of nitrogens with zero attached hydrogens (tertiary/aromatic N) is 5. The first kappa shape index (κ1) is 21.6. The van der Waals surface area contributed by atoms with Crippen LogP contribution in [0.1, 0.15) is 31.2 Å². The molecule has 33 heavy (non-hydrogen) atoms. The van der Waals surface area contributed by atoms with Crippen molar-refractivity contribution < 1.29 is 14.2 Å². The zero-order valence-corrected chi connectivity index (χ0v) is 19.1. The van der Waals surface area contributed by atoms with Gasteiger partial charge in [-0.25, -0.2) is 15.0 Å². The van der Waals surface area contributed by atoms with Crippen molar-refractivity contribution in [1.82, 2.24) is 19.5 Å². The maximum atomic E-state index is 12.3. The van der Waals surface area contributed by atoms with E-state index in [-0.39, 0.29) is 17.8 Å². The molecule has 1 aliphatic carbocycles. The fourth-order valence-corrected chi connectivity index (χ4v) is 4.47. The zero-order chi connectivity index (χ0) is 22.8. The number of aromatic nitrogens is 4. The fraction of sp³-hybridized carbons (Fsp3) is 0.500. The van der Waals surface area contributed by atoms with Gasteiger partial charge in [0, 0.05) is 44.3 Å².